The van der Waals surface area contributed by atoms with E-state index in [0.717, 1.165) is 0 Å². The number of ether oxygens (including phenoxy) is 1. The van der Waals surface area contributed by atoms with Gasteiger partial charge in [-0.1, -0.05) is 0 Å². The molecule has 1 unspecified atom stereocenters. The smallest absolute Gasteiger partial charge is 0.391 e. The lowest BCUT2D eigenvalue weighted by Gasteiger charge is -2.15. The number of halogens is 3. The van der Waals surface area contributed by atoms with Crippen LogP contribution >= 0.6 is 0 Å². The maximum atomic E-state index is 11.9. The van der Waals surface area contributed by atoms with Gasteiger partial charge in [-0.25, -0.2) is 0 Å². The summed E-state index contributed by atoms with van der Waals surface area (Å²) in [6, 6.07) is -0.996. The molecule has 17 heavy (non-hydrogen) atoms. The summed E-state index contributed by atoms with van der Waals surface area (Å²) in [5.74, 6) is -1.12. The van der Waals surface area contributed by atoms with Gasteiger partial charge < -0.3 is 10.1 Å². The Morgan fingerprint density at radius 2 is 1.88 bits per heavy atom. The Balaban J connectivity index is 3.82. The van der Waals surface area contributed by atoms with Crippen LogP contribution in [0.4, 0.5) is 13.2 Å². The molecule has 1 amide bonds. The van der Waals surface area contributed by atoms with Gasteiger partial charge in [0.05, 0.1) is 19.4 Å². The van der Waals surface area contributed by atoms with Crippen molar-refractivity contribution in [3.8, 4) is 0 Å². The van der Waals surface area contributed by atoms with Crippen molar-refractivity contribution < 1.29 is 27.5 Å². The van der Waals surface area contributed by atoms with E-state index in [1.165, 1.54) is 6.92 Å². The third-order valence-electron chi connectivity index (χ3n) is 1.81. The second-order valence-corrected chi connectivity index (χ2v) is 3.59. The number of amides is 1. The molecule has 0 spiro atoms. The average molecular weight is 255 g/mol. The zero-order valence-corrected chi connectivity index (χ0v) is 9.76. The fourth-order valence-corrected chi connectivity index (χ4v) is 1.19. The second kappa shape index (κ2) is 7.13. The molecule has 0 aromatic carbocycles. The molecule has 0 aromatic heterocycles. The van der Waals surface area contributed by atoms with Gasteiger partial charge in [-0.3, -0.25) is 9.59 Å². The molecule has 7 heteroatoms. The topological polar surface area (TPSA) is 55.4 Å². The van der Waals surface area contributed by atoms with Crippen molar-refractivity contribution in [2.75, 3.05) is 6.61 Å². The van der Waals surface area contributed by atoms with Crippen LogP contribution in [0.15, 0.2) is 0 Å². The maximum absolute atomic E-state index is 11.9. The molecule has 0 heterocycles. The highest BCUT2D eigenvalue weighted by Gasteiger charge is 2.30. The van der Waals surface area contributed by atoms with Crippen molar-refractivity contribution in [3.05, 3.63) is 0 Å². The van der Waals surface area contributed by atoms with E-state index in [2.05, 4.69) is 10.1 Å². The Labute approximate surface area is 97.5 Å². The lowest BCUT2D eigenvalue weighted by atomic mass is 10.2. The molecule has 0 aliphatic heterocycles. The monoisotopic (exact) mass is 255 g/mol. The largest absolute Gasteiger partial charge is 0.466 e. The van der Waals surface area contributed by atoms with Crippen LogP contribution < -0.4 is 5.32 Å². The van der Waals surface area contributed by atoms with Crippen LogP contribution in [-0.4, -0.2) is 30.7 Å². The van der Waals surface area contributed by atoms with E-state index >= 15 is 0 Å². The molecule has 0 rings (SSSR count). The third kappa shape index (κ3) is 9.65. The summed E-state index contributed by atoms with van der Waals surface area (Å²) in [7, 11) is 0. The van der Waals surface area contributed by atoms with Crippen LogP contribution in [0.5, 0.6) is 0 Å². The van der Waals surface area contributed by atoms with E-state index in [4.69, 9.17) is 0 Å². The number of alkyl halides is 3. The quantitative estimate of drug-likeness (QED) is 0.736. The SMILES string of the molecule is CCOC(=O)CCC(=O)NC(C)CC(F)(F)F. The van der Waals surface area contributed by atoms with Gasteiger partial charge in [0.15, 0.2) is 0 Å². The zero-order valence-electron chi connectivity index (χ0n) is 9.76. The van der Waals surface area contributed by atoms with Crippen LogP contribution in [0.3, 0.4) is 0 Å². The number of esters is 1. The molecule has 1 atom stereocenters. The molecule has 0 radical (unpaired) electrons. The van der Waals surface area contributed by atoms with E-state index in [1.807, 2.05) is 0 Å². The summed E-state index contributed by atoms with van der Waals surface area (Å²) in [4.78, 5) is 22.0. The summed E-state index contributed by atoms with van der Waals surface area (Å²) in [5.41, 5.74) is 0. The molecular weight excluding hydrogens is 239 g/mol. The van der Waals surface area contributed by atoms with E-state index in [0.29, 0.717) is 0 Å². The molecular formula is C10H16F3NO3. The van der Waals surface area contributed by atoms with Gasteiger partial charge in [0.25, 0.3) is 0 Å². The van der Waals surface area contributed by atoms with Gasteiger partial charge >= 0.3 is 12.1 Å². The predicted octanol–water partition coefficient (Wildman–Crippen LogP) is 1.79. The van der Waals surface area contributed by atoms with Crippen LogP contribution in [-0.2, 0) is 14.3 Å². The van der Waals surface area contributed by atoms with Gasteiger partial charge in [0, 0.05) is 12.5 Å². The summed E-state index contributed by atoms with van der Waals surface area (Å²) in [6.07, 6.45) is -5.69. The molecule has 0 aliphatic rings. The minimum absolute atomic E-state index is 0.127. The Morgan fingerprint density at radius 1 is 1.29 bits per heavy atom. The van der Waals surface area contributed by atoms with Crippen molar-refractivity contribution in [1.29, 1.82) is 0 Å². The maximum Gasteiger partial charge on any atom is 0.391 e. The van der Waals surface area contributed by atoms with Gasteiger partial charge in [-0.2, -0.15) is 13.2 Å². The van der Waals surface area contributed by atoms with Crippen molar-refractivity contribution in [2.24, 2.45) is 0 Å². The predicted molar refractivity (Wildman–Crippen MR) is 54.1 cm³/mol. The zero-order chi connectivity index (χ0) is 13.5. The lowest BCUT2D eigenvalue weighted by Crippen LogP contribution is -2.36. The first-order valence-corrected chi connectivity index (χ1v) is 5.26. The first-order chi connectivity index (χ1) is 7.74. The highest BCUT2D eigenvalue weighted by Crippen LogP contribution is 2.21. The van der Waals surface area contributed by atoms with Crippen LogP contribution in [0.1, 0.15) is 33.1 Å². The molecule has 0 bridgehead atoms. The normalized spacial score (nSPS) is 13.0. The van der Waals surface area contributed by atoms with Gasteiger partial charge in [0.2, 0.25) is 5.91 Å². The van der Waals surface area contributed by atoms with Crippen LogP contribution in [0.2, 0.25) is 0 Å². The molecule has 1 N–H and O–H groups in total. The van der Waals surface area contributed by atoms with Gasteiger partial charge in [0.1, 0.15) is 0 Å². The second-order valence-electron chi connectivity index (χ2n) is 3.59. The number of carbonyl (C=O) groups excluding carboxylic acids is 2. The fourth-order valence-electron chi connectivity index (χ4n) is 1.19. The number of carbonyl (C=O) groups is 2. The molecule has 0 aliphatic carbocycles. The Kier molecular flexibility index (Phi) is 6.60. The van der Waals surface area contributed by atoms with E-state index < -0.39 is 30.5 Å². The number of rotatable bonds is 6. The lowest BCUT2D eigenvalue weighted by molar-refractivity contribution is -0.146. The molecule has 0 aromatic rings. The summed E-state index contributed by atoms with van der Waals surface area (Å²) in [6.45, 7) is 3.10. The van der Waals surface area contributed by atoms with Crippen LogP contribution in [0, 0.1) is 0 Å². The number of hydrogen-bond donors (Lipinski definition) is 1. The van der Waals surface area contributed by atoms with E-state index in [-0.39, 0.29) is 19.4 Å². The van der Waals surface area contributed by atoms with Crippen LogP contribution in [0.25, 0.3) is 0 Å². The molecule has 0 saturated carbocycles. The van der Waals surface area contributed by atoms with Crippen molar-refractivity contribution >= 4 is 11.9 Å². The Bertz CT molecular complexity index is 266. The minimum atomic E-state index is -4.31. The first-order valence-electron chi connectivity index (χ1n) is 5.26. The molecule has 100 valence electrons. The Hall–Kier alpha value is -1.27. The standard InChI is InChI=1S/C10H16F3NO3/c1-3-17-9(16)5-4-8(15)14-7(2)6-10(11,12)13/h7H,3-6H2,1-2H3,(H,14,15). The Morgan fingerprint density at radius 3 is 2.35 bits per heavy atom. The first kappa shape index (κ1) is 15.7. The average Bonchev–Trinajstić information content (AvgIpc) is 2.12. The highest BCUT2D eigenvalue weighted by atomic mass is 19.4. The molecule has 0 fully saturated rings. The molecule has 4 nitrogen and oxygen atoms in total. The fraction of sp³-hybridized carbons (Fsp3) is 0.800. The minimum Gasteiger partial charge on any atom is -0.466 e. The van der Waals surface area contributed by atoms with E-state index in [9.17, 15) is 22.8 Å². The summed E-state index contributed by atoms with van der Waals surface area (Å²) < 4.78 is 40.4. The van der Waals surface area contributed by atoms with Crippen molar-refractivity contribution in [2.45, 2.75) is 45.3 Å². The third-order valence-corrected chi connectivity index (χ3v) is 1.81. The van der Waals surface area contributed by atoms with Crippen molar-refractivity contribution in [3.63, 3.8) is 0 Å². The number of nitrogens with one attached hydrogen (secondary N) is 1. The number of hydrogen-bond acceptors (Lipinski definition) is 3. The highest BCUT2D eigenvalue weighted by molar-refractivity contribution is 5.81. The van der Waals surface area contributed by atoms with Gasteiger partial charge in [-0.15, -0.1) is 0 Å². The van der Waals surface area contributed by atoms with Crippen molar-refractivity contribution in [1.82, 2.24) is 5.32 Å². The van der Waals surface area contributed by atoms with E-state index in [1.54, 1.807) is 6.92 Å². The molecule has 0 saturated heterocycles. The summed E-state index contributed by atoms with van der Waals surface area (Å²) in [5, 5.41) is 2.17. The van der Waals surface area contributed by atoms with Gasteiger partial charge in [-0.05, 0) is 13.8 Å². The summed E-state index contributed by atoms with van der Waals surface area (Å²) >= 11 is 0.